The molecule has 166 valence electrons. The van der Waals surface area contributed by atoms with Crippen molar-refractivity contribution in [3.05, 3.63) is 87.9 Å². The highest BCUT2D eigenvalue weighted by Gasteiger charge is 2.30. The van der Waals surface area contributed by atoms with Crippen molar-refractivity contribution in [2.45, 2.75) is 18.4 Å². The minimum Gasteiger partial charge on any atom is -0.480 e. The maximum absolute atomic E-state index is 12.5. The number of amides is 1. The molecule has 0 unspecified atom stereocenters. The number of nitrogens with zero attached hydrogens (tertiary/aromatic N) is 1. The smallest absolute Gasteiger partial charge is 0.407 e. The second-order valence-corrected chi connectivity index (χ2v) is 9.34. The third-order valence-electron chi connectivity index (χ3n) is 5.71. The van der Waals surface area contributed by atoms with Gasteiger partial charge in [0, 0.05) is 17.4 Å². The normalized spacial score (nSPS) is 13.4. The Hall–Kier alpha value is -3.42. The van der Waals surface area contributed by atoms with Crippen LogP contribution in [0.4, 0.5) is 4.79 Å². The molecule has 2 N–H and O–H groups in total. The third-order valence-corrected chi connectivity index (χ3v) is 6.98. The Morgan fingerprint density at radius 2 is 1.73 bits per heavy atom. The Balaban J connectivity index is 1.27. The fourth-order valence-electron chi connectivity index (χ4n) is 4.19. The summed E-state index contributed by atoms with van der Waals surface area (Å²) in [6, 6.07) is 20.2. The standard InChI is InChI=1S/C25H19ClN2O4S/c26-14-9-10-20-22(11-14)33-23(27-20)12-21(24(29)30)28-25(31)32-13-19-17-7-3-1-5-15(17)16-6-2-4-8-18(16)19/h1-11,19,21H,12-13H2,(H,28,31)(H,29,30)/t21-/m0/s1. The number of nitrogens with one attached hydrogen (secondary N) is 1. The lowest BCUT2D eigenvalue weighted by atomic mass is 9.98. The second-order valence-electron chi connectivity index (χ2n) is 7.78. The van der Waals surface area contributed by atoms with E-state index in [2.05, 4.69) is 22.4 Å². The van der Waals surface area contributed by atoms with Gasteiger partial charge in [-0.3, -0.25) is 0 Å². The van der Waals surface area contributed by atoms with Gasteiger partial charge in [0.15, 0.2) is 0 Å². The Morgan fingerprint density at radius 3 is 2.39 bits per heavy atom. The molecule has 1 aliphatic rings. The summed E-state index contributed by atoms with van der Waals surface area (Å²) in [4.78, 5) is 28.7. The number of thiazole rings is 1. The largest absolute Gasteiger partial charge is 0.480 e. The van der Waals surface area contributed by atoms with Gasteiger partial charge in [0.2, 0.25) is 0 Å². The molecule has 5 rings (SSSR count). The molecule has 0 saturated carbocycles. The minimum atomic E-state index is -1.16. The number of carboxylic acid groups (broad SMARTS) is 1. The average molecular weight is 479 g/mol. The SMILES string of the molecule is O=C(N[C@@H](Cc1nc2ccc(Cl)cc2s1)C(=O)O)OCC1c2ccccc2-c2ccccc21. The molecule has 0 fully saturated rings. The van der Waals surface area contributed by atoms with E-state index in [-0.39, 0.29) is 18.9 Å². The molecule has 6 nitrogen and oxygen atoms in total. The molecular weight excluding hydrogens is 460 g/mol. The van der Waals surface area contributed by atoms with Crippen LogP contribution in [0.3, 0.4) is 0 Å². The van der Waals surface area contributed by atoms with Crippen LogP contribution in [-0.4, -0.2) is 34.8 Å². The van der Waals surface area contributed by atoms with E-state index in [1.165, 1.54) is 11.3 Å². The van der Waals surface area contributed by atoms with E-state index < -0.39 is 18.1 Å². The first-order chi connectivity index (χ1) is 16.0. The van der Waals surface area contributed by atoms with Gasteiger partial charge >= 0.3 is 12.1 Å². The number of aliphatic carboxylic acids is 1. The molecule has 0 saturated heterocycles. The van der Waals surface area contributed by atoms with Crippen LogP contribution in [0.15, 0.2) is 66.7 Å². The van der Waals surface area contributed by atoms with Gasteiger partial charge in [-0.1, -0.05) is 60.1 Å². The Morgan fingerprint density at radius 1 is 1.06 bits per heavy atom. The zero-order valence-corrected chi connectivity index (χ0v) is 18.9. The number of carbonyl (C=O) groups is 2. The number of rotatable bonds is 6. The highest BCUT2D eigenvalue weighted by atomic mass is 35.5. The van der Waals surface area contributed by atoms with Gasteiger partial charge in [0.25, 0.3) is 0 Å². The van der Waals surface area contributed by atoms with Crippen molar-refractivity contribution in [1.82, 2.24) is 10.3 Å². The first-order valence-electron chi connectivity index (χ1n) is 10.4. The van der Waals surface area contributed by atoms with E-state index in [4.69, 9.17) is 16.3 Å². The number of carbonyl (C=O) groups excluding carboxylic acids is 1. The first kappa shape index (κ1) is 21.4. The van der Waals surface area contributed by atoms with E-state index >= 15 is 0 Å². The summed E-state index contributed by atoms with van der Waals surface area (Å²) >= 11 is 7.37. The summed E-state index contributed by atoms with van der Waals surface area (Å²) in [7, 11) is 0. The quantitative estimate of drug-likeness (QED) is 0.383. The van der Waals surface area contributed by atoms with Crippen LogP contribution < -0.4 is 5.32 Å². The minimum absolute atomic E-state index is 0.0521. The first-order valence-corrected chi connectivity index (χ1v) is 11.6. The van der Waals surface area contributed by atoms with Crippen LogP contribution in [0.1, 0.15) is 22.1 Å². The number of fused-ring (bicyclic) bond motifs is 4. The molecule has 0 aliphatic heterocycles. The molecular formula is C25H19ClN2O4S. The van der Waals surface area contributed by atoms with Crippen molar-refractivity contribution < 1.29 is 19.4 Å². The topological polar surface area (TPSA) is 88.5 Å². The zero-order chi connectivity index (χ0) is 22.9. The second kappa shape index (κ2) is 8.84. The zero-order valence-electron chi connectivity index (χ0n) is 17.3. The maximum Gasteiger partial charge on any atom is 0.407 e. The van der Waals surface area contributed by atoms with Gasteiger partial charge in [0.05, 0.1) is 15.2 Å². The van der Waals surface area contributed by atoms with Gasteiger partial charge < -0.3 is 15.2 Å². The summed E-state index contributed by atoms with van der Waals surface area (Å²) < 4.78 is 6.35. The van der Waals surface area contributed by atoms with E-state index in [0.29, 0.717) is 10.0 Å². The molecule has 0 spiro atoms. The van der Waals surface area contributed by atoms with Gasteiger partial charge in [-0.25, -0.2) is 14.6 Å². The Bertz CT molecular complexity index is 1320. The summed E-state index contributed by atoms with van der Waals surface area (Å²) in [5.41, 5.74) is 5.18. The monoisotopic (exact) mass is 478 g/mol. The number of alkyl carbamates (subject to hydrolysis) is 1. The predicted molar refractivity (Wildman–Crippen MR) is 128 cm³/mol. The molecule has 1 atom stereocenters. The molecule has 1 heterocycles. The van der Waals surface area contributed by atoms with Crippen LogP contribution >= 0.6 is 22.9 Å². The van der Waals surface area contributed by atoms with Crippen molar-refractivity contribution in [3.63, 3.8) is 0 Å². The maximum atomic E-state index is 12.5. The van der Waals surface area contributed by atoms with Crippen molar-refractivity contribution in [1.29, 1.82) is 0 Å². The fraction of sp³-hybridized carbons (Fsp3) is 0.160. The van der Waals surface area contributed by atoms with E-state index in [1.54, 1.807) is 18.2 Å². The van der Waals surface area contributed by atoms with Crippen LogP contribution in [0.2, 0.25) is 5.02 Å². The Kier molecular flexibility index (Phi) is 5.74. The lowest BCUT2D eigenvalue weighted by molar-refractivity contribution is -0.139. The summed E-state index contributed by atoms with van der Waals surface area (Å²) in [6.07, 6.45) is -0.718. The molecule has 0 bridgehead atoms. The molecule has 1 aromatic heterocycles. The Labute approximate surface area is 198 Å². The number of hydrogen-bond donors (Lipinski definition) is 2. The van der Waals surface area contributed by atoms with Crippen molar-refractivity contribution in [3.8, 4) is 11.1 Å². The van der Waals surface area contributed by atoms with Gasteiger partial charge in [0.1, 0.15) is 12.6 Å². The van der Waals surface area contributed by atoms with Crippen LogP contribution in [0.25, 0.3) is 21.3 Å². The average Bonchev–Trinajstić information content (AvgIpc) is 3.35. The fourth-order valence-corrected chi connectivity index (χ4v) is 5.48. The molecule has 3 aromatic carbocycles. The summed E-state index contributed by atoms with van der Waals surface area (Å²) in [6.45, 7) is 0.117. The van der Waals surface area contributed by atoms with Crippen molar-refractivity contribution in [2.75, 3.05) is 6.61 Å². The molecule has 1 aliphatic carbocycles. The van der Waals surface area contributed by atoms with Crippen LogP contribution in [0, 0.1) is 0 Å². The highest BCUT2D eigenvalue weighted by molar-refractivity contribution is 7.18. The van der Waals surface area contributed by atoms with Gasteiger partial charge in [-0.05, 0) is 40.5 Å². The number of carboxylic acids is 1. The molecule has 0 radical (unpaired) electrons. The molecule has 8 heteroatoms. The highest BCUT2D eigenvalue weighted by Crippen LogP contribution is 2.44. The van der Waals surface area contributed by atoms with Gasteiger partial charge in [-0.2, -0.15) is 0 Å². The van der Waals surface area contributed by atoms with Crippen molar-refractivity contribution in [2.24, 2.45) is 0 Å². The summed E-state index contributed by atoms with van der Waals surface area (Å²) in [5.74, 6) is -1.25. The number of ether oxygens (including phenoxy) is 1. The third kappa shape index (κ3) is 4.29. The van der Waals surface area contributed by atoms with E-state index in [9.17, 15) is 14.7 Å². The lowest BCUT2D eigenvalue weighted by Crippen LogP contribution is -2.42. The molecule has 4 aromatic rings. The van der Waals surface area contributed by atoms with Crippen molar-refractivity contribution >= 4 is 45.2 Å². The molecule has 33 heavy (non-hydrogen) atoms. The van der Waals surface area contributed by atoms with E-state index in [1.807, 2.05) is 36.4 Å². The predicted octanol–water partition coefficient (Wildman–Crippen LogP) is 5.48. The number of hydrogen-bond acceptors (Lipinski definition) is 5. The van der Waals surface area contributed by atoms with Crippen LogP contribution in [0.5, 0.6) is 0 Å². The van der Waals surface area contributed by atoms with E-state index in [0.717, 1.165) is 32.5 Å². The number of aromatic nitrogens is 1. The lowest BCUT2D eigenvalue weighted by Gasteiger charge is -2.17. The van der Waals surface area contributed by atoms with Crippen LogP contribution in [-0.2, 0) is 16.0 Å². The summed E-state index contributed by atoms with van der Waals surface area (Å²) in [5, 5.41) is 13.3. The number of benzene rings is 3. The number of halogens is 1. The van der Waals surface area contributed by atoms with Gasteiger partial charge in [-0.15, -0.1) is 11.3 Å². The molecule has 1 amide bonds.